The first-order valence-corrected chi connectivity index (χ1v) is 13.7. The Balaban J connectivity index is 1.17. The van der Waals surface area contributed by atoms with Gasteiger partial charge in [-0.15, -0.1) is 0 Å². The van der Waals surface area contributed by atoms with E-state index in [0.29, 0.717) is 30.3 Å². The molecule has 6 heteroatoms. The van der Waals surface area contributed by atoms with Crippen molar-refractivity contribution in [3.05, 3.63) is 130 Å². The zero-order valence-electron chi connectivity index (χ0n) is 22.1. The summed E-state index contributed by atoms with van der Waals surface area (Å²) in [7, 11) is 0. The minimum Gasteiger partial charge on any atom is -0.490 e. The summed E-state index contributed by atoms with van der Waals surface area (Å²) >= 11 is 0. The van der Waals surface area contributed by atoms with Crippen molar-refractivity contribution in [2.75, 3.05) is 6.61 Å². The lowest BCUT2D eigenvalue weighted by molar-refractivity contribution is -0.139. The second-order valence-electron chi connectivity index (χ2n) is 10.4. The highest BCUT2D eigenvalue weighted by atomic mass is 16.5. The van der Waals surface area contributed by atoms with Crippen LogP contribution in [0.1, 0.15) is 52.1 Å². The fourth-order valence-corrected chi connectivity index (χ4v) is 6.63. The number of imide groups is 1. The molecule has 1 heterocycles. The summed E-state index contributed by atoms with van der Waals surface area (Å²) in [6, 6.07) is 31.9. The van der Waals surface area contributed by atoms with Gasteiger partial charge in [-0.25, -0.2) is 0 Å². The molecule has 3 aliphatic carbocycles. The first-order chi connectivity index (χ1) is 19.7. The van der Waals surface area contributed by atoms with Gasteiger partial charge in [-0.3, -0.25) is 9.59 Å². The van der Waals surface area contributed by atoms with E-state index in [0.717, 1.165) is 32.8 Å². The summed E-state index contributed by atoms with van der Waals surface area (Å²) in [6.07, 6.45) is 1.55. The number of hydrogen-bond donors (Lipinski definition) is 0. The molecule has 1 fully saturated rings. The van der Waals surface area contributed by atoms with Crippen molar-refractivity contribution in [2.45, 2.75) is 25.4 Å². The molecule has 0 spiro atoms. The maximum absolute atomic E-state index is 13.8. The van der Waals surface area contributed by atoms with Crippen LogP contribution in [0.4, 0.5) is 0 Å². The molecular formula is C34H28N2O4. The van der Waals surface area contributed by atoms with Crippen LogP contribution in [-0.2, 0) is 16.2 Å². The van der Waals surface area contributed by atoms with E-state index in [1.807, 2.05) is 79.7 Å². The second kappa shape index (κ2) is 9.79. The van der Waals surface area contributed by atoms with Gasteiger partial charge in [-0.05, 0) is 58.5 Å². The Morgan fingerprint density at radius 1 is 0.700 bits per heavy atom. The van der Waals surface area contributed by atoms with Crippen molar-refractivity contribution < 1.29 is 19.1 Å². The van der Waals surface area contributed by atoms with Gasteiger partial charge in [0.1, 0.15) is 6.61 Å². The first kappa shape index (κ1) is 24.3. The second-order valence-corrected chi connectivity index (χ2v) is 10.4. The standard InChI is InChI=1S/C34H28N2O4/c1-2-39-28-18-22(16-17-27(28)40-20-21-10-4-3-5-11-21)19-35-36-33(37)31-29-23-12-6-7-13-24(23)30(32(31)34(36)38)26-15-9-8-14-25(26)29/h3-19,29-32H,2,20H2,1H3/b35-19+. The SMILES string of the molecule is CCOc1cc(/C=N/N2C(=O)C3C4c5ccccc5C(c5ccccc54)C3C2=O)ccc1OCc1ccccc1. The Kier molecular flexibility index (Phi) is 5.96. The van der Waals surface area contributed by atoms with E-state index < -0.39 is 11.8 Å². The molecule has 1 saturated heterocycles. The summed E-state index contributed by atoms with van der Waals surface area (Å²) in [5.74, 6) is -0.474. The monoisotopic (exact) mass is 528 g/mol. The van der Waals surface area contributed by atoms with Gasteiger partial charge in [0.15, 0.2) is 11.5 Å². The van der Waals surface area contributed by atoms with Crippen molar-refractivity contribution in [2.24, 2.45) is 16.9 Å². The van der Waals surface area contributed by atoms with Crippen molar-refractivity contribution in [1.29, 1.82) is 0 Å². The minimum atomic E-state index is -0.452. The lowest BCUT2D eigenvalue weighted by Crippen LogP contribution is -2.41. The van der Waals surface area contributed by atoms with E-state index in [2.05, 4.69) is 29.4 Å². The van der Waals surface area contributed by atoms with Crippen LogP contribution in [0.2, 0.25) is 0 Å². The number of rotatable bonds is 7. The van der Waals surface area contributed by atoms with E-state index in [4.69, 9.17) is 9.47 Å². The van der Waals surface area contributed by atoms with E-state index in [1.54, 1.807) is 6.21 Å². The quantitative estimate of drug-likeness (QED) is 0.222. The van der Waals surface area contributed by atoms with Gasteiger partial charge in [0.25, 0.3) is 11.8 Å². The lowest BCUT2D eigenvalue weighted by Gasteiger charge is -2.45. The molecule has 40 heavy (non-hydrogen) atoms. The molecule has 6 nitrogen and oxygen atoms in total. The van der Waals surface area contributed by atoms with Crippen LogP contribution in [0.25, 0.3) is 0 Å². The Bertz CT molecular complexity index is 1530. The molecule has 198 valence electrons. The van der Waals surface area contributed by atoms with Crippen LogP contribution in [0.15, 0.2) is 102 Å². The smallest absolute Gasteiger partial charge is 0.254 e. The highest BCUT2D eigenvalue weighted by molar-refractivity contribution is 6.08. The molecule has 2 unspecified atom stereocenters. The predicted molar refractivity (Wildman–Crippen MR) is 151 cm³/mol. The summed E-state index contributed by atoms with van der Waals surface area (Å²) in [4.78, 5) is 27.5. The summed E-state index contributed by atoms with van der Waals surface area (Å²) < 4.78 is 11.8. The number of ether oxygens (including phenoxy) is 2. The number of carbonyl (C=O) groups excluding carboxylic acids is 2. The molecule has 0 saturated carbocycles. The molecule has 1 aliphatic heterocycles. The number of amides is 2. The van der Waals surface area contributed by atoms with Crippen LogP contribution >= 0.6 is 0 Å². The number of nitrogens with zero attached hydrogens (tertiary/aromatic N) is 2. The average Bonchev–Trinajstić information content (AvgIpc) is 3.25. The molecular weight excluding hydrogens is 500 g/mol. The van der Waals surface area contributed by atoms with Gasteiger partial charge in [-0.2, -0.15) is 10.1 Å². The molecule has 2 bridgehead atoms. The van der Waals surface area contributed by atoms with E-state index in [1.165, 1.54) is 0 Å². The van der Waals surface area contributed by atoms with Crippen molar-refractivity contribution in [3.8, 4) is 11.5 Å². The maximum atomic E-state index is 13.8. The highest BCUT2D eigenvalue weighted by Gasteiger charge is 2.61. The van der Waals surface area contributed by atoms with Gasteiger partial charge in [-0.1, -0.05) is 78.9 Å². The molecule has 4 aromatic rings. The average molecular weight is 529 g/mol. The van der Waals surface area contributed by atoms with Gasteiger partial charge in [0, 0.05) is 11.8 Å². The Hall–Kier alpha value is -4.71. The molecule has 0 aromatic heterocycles. The van der Waals surface area contributed by atoms with E-state index >= 15 is 0 Å². The van der Waals surface area contributed by atoms with Gasteiger partial charge in [0.05, 0.1) is 24.7 Å². The fourth-order valence-electron chi connectivity index (χ4n) is 6.63. The Morgan fingerprint density at radius 2 is 1.25 bits per heavy atom. The normalized spacial score (nSPS) is 22.3. The summed E-state index contributed by atoms with van der Waals surface area (Å²) in [5.41, 5.74) is 6.35. The third-order valence-electron chi connectivity index (χ3n) is 8.25. The Labute approximate surface area is 232 Å². The fraction of sp³-hybridized carbons (Fsp3) is 0.206. The van der Waals surface area contributed by atoms with Crippen molar-refractivity contribution >= 4 is 18.0 Å². The van der Waals surface area contributed by atoms with Crippen LogP contribution in [0.5, 0.6) is 11.5 Å². The number of carbonyl (C=O) groups is 2. The topological polar surface area (TPSA) is 68.2 Å². The van der Waals surface area contributed by atoms with Crippen molar-refractivity contribution in [1.82, 2.24) is 5.01 Å². The molecule has 8 rings (SSSR count). The number of benzene rings is 4. The van der Waals surface area contributed by atoms with Gasteiger partial charge in [0.2, 0.25) is 0 Å². The molecule has 4 aromatic carbocycles. The van der Waals surface area contributed by atoms with E-state index in [9.17, 15) is 9.59 Å². The van der Waals surface area contributed by atoms with Crippen LogP contribution < -0.4 is 9.47 Å². The third-order valence-corrected chi connectivity index (χ3v) is 8.25. The van der Waals surface area contributed by atoms with Crippen LogP contribution in [0.3, 0.4) is 0 Å². The number of hydrogen-bond acceptors (Lipinski definition) is 5. The van der Waals surface area contributed by atoms with Crippen LogP contribution in [0, 0.1) is 11.8 Å². The zero-order chi connectivity index (χ0) is 27.2. The minimum absolute atomic E-state index is 0.148. The van der Waals surface area contributed by atoms with Gasteiger partial charge < -0.3 is 9.47 Å². The largest absolute Gasteiger partial charge is 0.490 e. The molecule has 0 radical (unpaired) electrons. The zero-order valence-corrected chi connectivity index (χ0v) is 22.1. The number of hydrazone groups is 1. The van der Waals surface area contributed by atoms with E-state index in [-0.39, 0.29) is 23.7 Å². The third kappa shape index (κ3) is 3.82. The lowest BCUT2D eigenvalue weighted by atomic mass is 9.55. The van der Waals surface area contributed by atoms with Gasteiger partial charge >= 0.3 is 0 Å². The molecule has 4 aliphatic rings. The molecule has 2 amide bonds. The highest BCUT2D eigenvalue weighted by Crippen LogP contribution is 2.60. The maximum Gasteiger partial charge on any atom is 0.254 e. The molecule has 0 N–H and O–H groups in total. The predicted octanol–water partition coefficient (Wildman–Crippen LogP) is 5.89. The summed E-state index contributed by atoms with van der Waals surface area (Å²) in [5, 5.41) is 5.53. The summed E-state index contributed by atoms with van der Waals surface area (Å²) in [6.45, 7) is 2.80. The van der Waals surface area contributed by atoms with Crippen LogP contribution in [-0.4, -0.2) is 29.6 Å². The van der Waals surface area contributed by atoms with Crippen molar-refractivity contribution in [3.63, 3.8) is 0 Å². The first-order valence-electron chi connectivity index (χ1n) is 13.7. The Morgan fingerprint density at radius 3 is 1.80 bits per heavy atom. The molecule has 2 atom stereocenters.